The summed E-state index contributed by atoms with van der Waals surface area (Å²) in [5, 5.41) is 13.1. The number of carbonyl (C=O) groups is 2. The van der Waals surface area contributed by atoms with Crippen molar-refractivity contribution >= 4 is 50.2 Å². The van der Waals surface area contributed by atoms with Gasteiger partial charge in [-0.05, 0) is 56.2 Å². The maximum absolute atomic E-state index is 14.1. The summed E-state index contributed by atoms with van der Waals surface area (Å²) < 4.78 is 18.8. The molecule has 202 valence electrons. The van der Waals surface area contributed by atoms with Gasteiger partial charge in [-0.15, -0.1) is 0 Å². The van der Waals surface area contributed by atoms with Crippen LogP contribution in [0.5, 0.6) is 5.75 Å². The highest BCUT2D eigenvalue weighted by molar-refractivity contribution is 6.26. The molecule has 0 aliphatic carbocycles. The van der Waals surface area contributed by atoms with Gasteiger partial charge in [0.1, 0.15) is 16.9 Å². The van der Waals surface area contributed by atoms with Gasteiger partial charge in [0, 0.05) is 28.0 Å². The molecule has 7 heteroatoms. The van der Waals surface area contributed by atoms with Crippen LogP contribution in [-0.2, 0) is 14.3 Å². The lowest BCUT2D eigenvalue weighted by molar-refractivity contribution is -0.131. The number of carbonyl (C=O) groups excluding carboxylic acids is 2. The lowest BCUT2D eigenvalue weighted by Gasteiger charge is -2.31. The average molecular weight is 543 g/mol. The van der Waals surface area contributed by atoms with Crippen molar-refractivity contribution in [2.45, 2.75) is 37.4 Å². The maximum atomic E-state index is 14.1. The van der Waals surface area contributed by atoms with Crippen LogP contribution < -0.4 is 9.64 Å². The number of hydrogen-bond acceptors (Lipinski definition) is 6. The van der Waals surface area contributed by atoms with Crippen molar-refractivity contribution in [3.8, 4) is 11.8 Å². The van der Waals surface area contributed by atoms with Crippen molar-refractivity contribution < 1.29 is 23.5 Å². The molecule has 3 saturated heterocycles. The Morgan fingerprint density at radius 3 is 2.44 bits per heavy atom. The molecule has 3 aliphatic rings. The molecule has 3 aliphatic heterocycles. The van der Waals surface area contributed by atoms with Gasteiger partial charge in [-0.1, -0.05) is 42.5 Å². The fraction of sp³-hybridized carbons (Fsp3) is 0.265. The van der Waals surface area contributed by atoms with Crippen molar-refractivity contribution in [2.24, 2.45) is 11.8 Å². The Labute approximate surface area is 235 Å². The summed E-state index contributed by atoms with van der Waals surface area (Å²) in [4.78, 5) is 29.4. The monoisotopic (exact) mass is 542 g/mol. The van der Waals surface area contributed by atoms with Crippen LogP contribution in [0.15, 0.2) is 83.3 Å². The van der Waals surface area contributed by atoms with E-state index in [4.69, 9.17) is 13.9 Å². The normalized spacial score (nSPS) is 26.8. The van der Waals surface area contributed by atoms with Gasteiger partial charge >= 0.3 is 0 Å². The number of para-hydroxylation sites is 1. The molecule has 0 saturated carbocycles. The number of nitrogens with zero attached hydrogens (tertiary/aromatic N) is 2. The minimum atomic E-state index is -0.768. The lowest BCUT2D eigenvalue weighted by Crippen LogP contribution is -2.43. The molecule has 0 spiro atoms. The summed E-state index contributed by atoms with van der Waals surface area (Å²) in [6.45, 7) is 2.31. The first kappa shape index (κ1) is 24.2. The van der Waals surface area contributed by atoms with Gasteiger partial charge in [0.25, 0.3) is 0 Å². The van der Waals surface area contributed by atoms with Crippen LogP contribution >= 0.6 is 0 Å². The fourth-order valence-corrected chi connectivity index (χ4v) is 7.56. The molecule has 4 heterocycles. The highest BCUT2D eigenvalue weighted by Crippen LogP contribution is 2.62. The molecule has 8 rings (SSSR count). The van der Waals surface area contributed by atoms with Crippen LogP contribution in [0.25, 0.3) is 32.7 Å². The van der Waals surface area contributed by atoms with Crippen LogP contribution in [0.3, 0.4) is 0 Å². The van der Waals surface area contributed by atoms with Gasteiger partial charge in [-0.2, -0.15) is 5.26 Å². The number of ether oxygens (including phenoxy) is 2. The van der Waals surface area contributed by atoms with E-state index >= 15 is 0 Å². The highest BCUT2D eigenvalue weighted by Gasteiger charge is 2.73. The van der Waals surface area contributed by atoms with E-state index in [0.29, 0.717) is 42.5 Å². The minimum absolute atomic E-state index is 0.225. The van der Waals surface area contributed by atoms with Gasteiger partial charge in [0.05, 0.1) is 47.0 Å². The Morgan fingerprint density at radius 1 is 0.878 bits per heavy atom. The molecular formula is C34H26N2O5. The van der Waals surface area contributed by atoms with E-state index in [0.717, 1.165) is 33.1 Å². The molecule has 4 aromatic carbocycles. The van der Waals surface area contributed by atoms with Crippen LogP contribution in [0, 0.1) is 23.2 Å². The number of anilines is 1. The largest absolute Gasteiger partial charge is 0.493 e. The van der Waals surface area contributed by atoms with E-state index in [1.54, 1.807) is 12.1 Å². The summed E-state index contributed by atoms with van der Waals surface area (Å²) in [6, 6.07) is 26.7. The molecule has 1 aromatic heterocycles. The Hall–Kier alpha value is -4.67. The molecular weight excluding hydrogens is 516 g/mol. The van der Waals surface area contributed by atoms with Gasteiger partial charge in [-0.3, -0.25) is 9.59 Å². The Morgan fingerprint density at radius 2 is 1.61 bits per heavy atom. The van der Waals surface area contributed by atoms with Crippen LogP contribution in [0.4, 0.5) is 5.69 Å². The summed E-state index contributed by atoms with van der Waals surface area (Å²) >= 11 is 0. The number of imide groups is 1. The second kappa shape index (κ2) is 8.42. The van der Waals surface area contributed by atoms with E-state index in [2.05, 4.69) is 6.07 Å². The SMILES string of the molecule is C[C@]12CC[C@](CCOc3ccc4oc5ccccc5c4c3)(O1)[C@@H]1C(=O)N(c3ccc(C#N)c4ccccc34)C(=O)[C@@H]12. The van der Waals surface area contributed by atoms with E-state index in [1.807, 2.05) is 73.7 Å². The maximum Gasteiger partial charge on any atom is 0.240 e. The third kappa shape index (κ3) is 3.28. The summed E-state index contributed by atoms with van der Waals surface area (Å²) in [5.74, 6) is -0.865. The molecule has 2 amide bonds. The zero-order chi connectivity index (χ0) is 27.9. The topological polar surface area (TPSA) is 92.8 Å². The molecule has 4 atom stereocenters. The summed E-state index contributed by atoms with van der Waals surface area (Å²) in [6.07, 6.45) is 1.90. The molecule has 5 aromatic rings. The predicted octanol–water partition coefficient (Wildman–Crippen LogP) is 6.51. The Balaban J connectivity index is 1.09. The van der Waals surface area contributed by atoms with E-state index < -0.39 is 23.0 Å². The molecule has 7 nitrogen and oxygen atoms in total. The molecule has 0 radical (unpaired) electrons. The van der Waals surface area contributed by atoms with E-state index in [-0.39, 0.29) is 11.8 Å². The Kier molecular flexibility index (Phi) is 4.96. The lowest BCUT2D eigenvalue weighted by atomic mass is 9.67. The molecule has 0 N–H and O–H groups in total. The minimum Gasteiger partial charge on any atom is -0.493 e. The number of nitriles is 1. The van der Waals surface area contributed by atoms with E-state index in [1.165, 1.54) is 4.90 Å². The predicted molar refractivity (Wildman–Crippen MR) is 153 cm³/mol. The second-order valence-electron chi connectivity index (χ2n) is 11.6. The van der Waals surface area contributed by atoms with Gasteiger partial charge < -0.3 is 13.9 Å². The molecule has 41 heavy (non-hydrogen) atoms. The van der Waals surface area contributed by atoms with Crippen molar-refractivity contribution in [1.82, 2.24) is 0 Å². The standard InChI is InChI=1S/C34H26N2O5/c1-33-14-15-34(41-33,16-17-39-21-11-13-28-25(18-21)24-8-4-5-9-27(24)40-28)30-29(33)31(37)36(32(30)38)26-12-10-20(19-35)22-6-2-3-7-23(22)26/h2-13,18,29-30H,14-17H2,1H3/t29-,30+,33-,34-/m1/s1. The third-order valence-corrected chi connectivity index (χ3v) is 9.42. The van der Waals surface area contributed by atoms with Crippen molar-refractivity contribution in [3.63, 3.8) is 0 Å². The second-order valence-corrected chi connectivity index (χ2v) is 11.6. The van der Waals surface area contributed by atoms with Crippen molar-refractivity contribution in [3.05, 3.63) is 84.4 Å². The molecule has 3 fully saturated rings. The Bertz CT molecular complexity index is 1970. The highest BCUT2D eigenvalue weighted by atomic mass is 16.5. The number of rotatable bonds is 5. The first-order chi connectivity index (χ1) is 19.9. The van der Waals surface area contributed by atoms with E-state index in [9.17, 15) is 14.9 Å². The van der Waals surface area contributed by atoms with Crippen molar-refractivity contribution in [2.75, 3.05) is 11.5 Å². The number of hydrogen-bond donors (Lipinski definition) is 0. The number of benzene rings is 4. The molecule has 0 unspecified atom stereocenters. The fourth-order valence-electron chi connectivity index (χ4n) is 7.56. The van der Waals surface area contributed by atoms with Crippen LogP contribution in [-0.4, -0.2) is 29.6 Å². The number of amides is 2. The average Bonchev–Trinajstić information content (AvgIpc) is 3.68. The summed E-state index contributed by atoms with van der Waals surface area (Å²) in [5.41, 5.74) is 1.20. The first-order valence-electron chi connectivity index (χ1n) is 14.0. The smallest absolute Gasteiger partial charge is 0.240 e. The number of fused-ring (bicyclic) bond motifs is 9. The first-order valence-corrected chi connectivity index (χ1v) is 14.0. The van der Waals surface area contributed by atoms with Crippen LogP contribution in [0.1, 0.15) is 31.7 Å². The van der Waals surface area contributed by atoms with Crippen molar-refractivity contribution in [1.29, 1.82) is 5.26 Å². The summed E-state index contributed by atoms with van der Waals surface area (Å²) in [7, 11) is 0. The van der Waals surface area contributed by atoms with Gasteiger partial charge in [-0.25, -0.2) is 4.90 Å². The zero-order valence-electron chi connectivity index (χ0n) is 22.4. The zero-order valence-corrected chi connectivity index (χ0v) is 22.4. The third-order valence-electron chi connectivity index (χ3n) is 9.42. The van der Waals surface area contributed by atoms with Crippen LogP contribution in [0.2, 0.25) is 0 Å². The van der Waals surface area contributed by atoms with Gasteiger partial charge in [0.2, 0.25) is 11.8 Å². The number of furan rings is 1. The van der Waals surface area contributed by atoms with Gasteiger partial charge in [0.15, 0.2) is 0 Å². The molecule has 2 bridgehead atoms. The quantitative estimate of drug-likeness (QED) is 0.235.